The van der Waals surface area contributed by atoms with Crippen LogP contribution < -0.4 is 25.5 Å². The van der Waals surface area contributed by atoms with Crippen LogP contribution in [-0.2, 0) is 14.4 Å². The zero-order chi connectivity index (χ0) is 22.9. The highest BCUT2D eigenvalue weighted by Gasteiger charge is 2.26. The van der Waals surface area contributed by atoms with E-state index in [-0.39, 0.29) is 6.61 Å². The van der Waals surface area contributed by atoms with E-state index in [0.717, 1.165) is 11.4 Å². The maximum absolute atomic E-state index is 12.4. The number of nitrogens with zero attached hydrogens (tertiary/aromatic N) is 3. The van der Waals surface area contributed by atoms with Gasteiger partial charge in [-0.1, -0.05) is 12.1 Å². The minimum absolute atomic E-state index is 0.210. The molecule has 1 saturated heterocycles. The molecule has 10 heteroatoms. The lowest BCUT2D eigenvalue weighted by atomic mass is 10.2. The van der Waals surface area contributed by atoms with Crippen molar-refractivity contribution in [2.45, 2.75) is 0 Å². The van der Waals surface area contributed by atoms with Gasteiger partial charge in [-0.2, -0.15) is 5.10 Å². The Balaban J connectivity index is 1.47. The smallest absolute Gasteiger partial charge is 0.329 e. The second-order valence-electron chi connectivity index (χ2n) is 6.97. The third-order valence-corrected chi connectivity index (χ3v) is 4.83. The number of nitrogens with one attached hydrogen (secondary N) is 1. The normalized spacial score (nSPS) is 13.7. The maximum Gasteiger partial charge on any atom is 0.329 e. The summed E-state index contributed by atoms with van der Waals surface area (Å²) >= 11 is 0. The Hall–Kier alpha value is -4.08. The number of hydrogen-bond acceptors (Lipinski definition) is 7. The summed E-state index contributed by atoms with van der Waals surface area (Å²) in [5, 5.41) is 3.83. The Morgan fingerprint density at radius 1 is 1.06 bits per heavy atom. The Bertz CT molecular complexity index is 984. The summed E-state index contributed by atoms with van der Waals surface area (Å²) in [6.07, 6.45) is 1.41. The number of nitrogens with two attached hydrogens (primary N) is 1. The monoisotopic (exact) mass is 439 g/mol. The lowest BCUT2D eigenvalue weighted by molar-refractivity contribution is -0.146. The largest absolute Gasteiger partial charge is 0.495 e. The van der Waals surface area contributed by atoms with Crippen LogP contribution in [0.25, 0.3) is 0 Å². The van der Waals surface area contributed by atoms with Crippen molar-refractivity contribution in [1.29, 1.82) is 0 Å². The van der Waals surface area contributed by atoms with Crippen molar-refractivity contribution in [1.82, 2.24) is 10.3 Å². The molecule has 32 heavy (non-hydrogen) atoms. The van der Waals surface area contributed by atoms with Crippen molar-refractivity contribution in [3.05, 3.63) is 54.1 Å². The molecule has 2 aromatic rings. The summed E-state index contributed by atoms with van der Waals surface area (Å²) in [4.78, 5) is 38.9. The molecule has 0 bridgehead atoms. The molecule has 0 atom stereocenters. The third-order valence-electron chi connectivity index (χ3n) is 4.83. The summed E-state index contributed by atoms with van der Waals surface area (Å²) in [6, 6.07) is 14.3. The number of hydrogen-bond donors (Lipinski definition) is 2. The molecule has 168 valence electrons. The van der Waals surface area contributed by atoms with Crippen molar-refractivity contribution >= 4 is 29.6 Å². The number of anilines is 1. The molecule has 1 fully saturated rings. The number of benzene rings is 2. The number of rotatable bonds is 7. The van der Waals surface area contributed by atoms with Crippen molar-refractivity contribution in [3.8, 4) is 11.5 Å². The van der Waals surface area contributed by atoms with E-state index in [1.54, 1.807) is 31.4 Å². The molecule has 0 unspecified atom stereocenters. The van der Waals surface area contributed by atoms with E-state index in [1.807, 2.05) is 24.3 Å². The highest BCUT2D eigenvalue weighted by Crippen LogP contribution is 2.28. The van der Waals surface area contributed by atoms with E-state index in [2.05, 4.69) is 15.4 Å². The van der Waals surface area contributed by atoms with E-state index in [1.165, 1.54) is 11.1 Å². The molecule has 0 radical (unpaired) electrons. The van der Waals surface area contributed by atoms with Crippen LogP contribution >= 0.6 is 0 Å². The van der Waals surface area contributed by atoms with Crippen molar-refractivity contribution in [2.24, 2.45) is 10.8 Å². The molecule has 0 spiro atoms. The van der Waals surface area contributed by atoms with Crippen LogP contribution in [0.2, 0.25) is 0 Å². The van der Waals surface area contributed by atoms with E-state index in [9.17, 15) is 14.4 Å². The van der Waals surface area contributed by atoms with Gasteiger partial charge in [0.15, 0.2) is 6.61 Å². The molecule has 0 aromatic heterocycles. The number of carbonyl (C=O) groups excluding carboxylic acids is 3. The standard InChI is InChI=1S/C22H25N5O5/c1-31-19-5-3-2-4-18(19)26-10-12-27(13-11-26)22(30)21(29)25-24-14-16-6-8-17(9-7-16)32-15-20(23)28/h2-9,14H,10-13,15H2,1H3,(H2,23,28)(H,25,29)/b24-14+. The maximum atomic E-state index is 12.4. The first-order valence-corrected chi connectivity index (χ1v) is 9.99. The molecular formula is C22H25N5O5. The summed E-state index contributed by atoms with van der Waals surface area (Å²) in [5.74, 6) is -0.742. The summed E-state index contributed by atoms with van der Waals surface area (Å²) in [7, 11) is 1.62. The summed E-state index contributed by atoms with van der Waals surface area (Å²) < 4.78 is 10.6. The van der Waals surface area contributed by atoms with Gasteiger partial charge in [0.05, 0.1) is 19.0 Å². The number of methoxy groups -OCH3 is 1. The summed E-state index contributed by atoms with van der Waals surface area (Å²) in [6.45, 7) is 1.81. The molecule has 0 aliphatic carbocycles. The second kappa shape index (κ2) is 10.8. The molecule has 1 heterocycles. The predicted molar refractivity (Wildman–Crippen MR) is 119 cm³/mol. The van der Waals surface area contributed by atoms with Crippen LogP contribution in [0.15, 0.2) is 53.6 Å². The highest BCUT2D eigenvalue weighted by molar-refractivity contribution is 6.35. The van der Waals surface area contributed by atoms with Crippen LogP contribution in [-0.4, -0.2) is 68.7 Å². The minimum Gasteiger partial charge on any atom is -0.495 e. The van der Waals surface area contributed by atoms with Gasteiger partial charge >= 0.3 is 11.8 Å². The van der Waals surface area contributed by atoms with Gasteiger partial charge < -0.3 is 25.0 Å². The average Bonchev–Trinajstić information content (AvgIpc) is 2.83. The van der Waals surface area contributed by atoms with Gasteiger partial charge in [-0.15, -0.1) is 0 Å². The van der Waals surface area contributed by atoms with Crippen LogP contribution in [0.1, 0.15) is 5.56 Å². The zero-order valence-corrected chi connectivity index (χ0v) is 17.7. The van der Waals surface area contributed by atoms with Gasteiger partial charge in [0.1, 0.15) is 11.5 Å². The fourth-order valence-electron chi connectivity index (χ4n) is 3.20. The third kappa shape index (κ3) is 5.97. The molecule has 0 saturated carbocycles. The quantitative estimate of drug-likeness (QED) is 0.364. The predicted octanol–water partition coefficient (Wildman–Crippen LogP) is 0.358. The van der Waals surface area contributed by atoms with E-state index in [4.69, 9.17) is 15.2 Å². The Labute approximate surface area is 185 Å². The van der Waals surface area contributed by atoms with Gasteiger partial charge in [-0.05, 0) is 42.0 Å². The average molecular weight is 439 g/mol. The number of piperazine rings is 1. The first-order chi connectivity index (χ1) is 15.5. The second-order valence-corrected chi connectivity index (χ2v) is 6.97. The number of amides is 3. The van der Waals surface area contributed by atoms with Crippen molar-refractivity contribution in [3.63, 3.8) is 0 Å². The van der Waals surface area contributed by atoms with Crippen LogP contribution in [0, 0.1) is 0 Å². The lowest BCUT2D eigenvalue weighted by Gasteiger charge is -2.36. The molecule has 1 aliphatic heterocycles. The number of hydrazone groups is 1. The first kappa shape index (κ1) is 22.6. The number of carbonyl (C=O) groups is 3. The topological polar surface area (TPSA) is 127 Å². The molecule has 3 rings (SSSR count). The first-order valence-electron chi connectivity index (χ1n) is 9.99. The minimum atomic E-state index is -0.798. The molecule has 1 aliphatic rings. The lowest BCUT2D eigenvalue weighted by Crippen LogP contribution is -2.52. The molecule has 2 aromatic carbocycles. The van der Waals surface area contributed by atoms with Crippen LogP contribution in [0.4, 0.5) is 5.69 Å². The number of ether oxygens (including phenoxy) is 2. The molecule has 3 amide bonds. The van der Waals surface area contributed by atoms with E-state index >= 15 is 0 Å². The highest BCUT2D eigenvalue weighted by atomic mass is 16.5. The van der Waals surface area contributed by atoms with Gasteiger partial charge in [0.2, 0.25) is 0 Å². The van der Waals surface area contributed by atoms with Crippen molar-refractivity contribution in [2.75, 3.05) is 44.8 Å². The number of primary amides is 1. The van der Waals surface area contributed by atoms with Gasteiger partial charge in [-0.3, -0.25) is 14.4 Å². The van der Waals surface area contributed by atoms with Crippen LogP contribution in [0.5, 0.6) is 11.5 Å². The fourth-order valence-corrected chi connectivity index (χ4v) is 3.20. The van der Waals surface area contributed by atoms with Crippen molar-refractivity contribution < 1.29 is 23.9 Å². The summed E-state index contributed by atoms with van der Waals surface area (Å²) in [5.41, 5.74) is 8.92. The van der Waals surface area contributed by atoms with Gasteiger partial charge in [0.25, 0.3) is 5.91 Å². The van der Waals surface area contributed by atoms with E-state index in [0.29, 0.717) is 37.5 Å². The van der Waals surface area contributed by atoms with Crippen LogP contribution in [0.3, 0.4) is 0 Å². The van der Waals surface area contributed by atoms with Gasteiger partial charge in [-0.25, -0.2) is 5.43 Å². The molecule has 10 nitrogen and oxygen atoms in total. The zero-order valence-electron chi connectivity index (χ0n) is 17.7. The van der Waals surface area contributed by atoms with Gasteiger partial charge in [0, 0.05) is 26.2 Å². The fraction of sp³-hybridized carbons (Fsp3) is 0.273. The Morgan fingerprint density at radius 3 is 2.41 bits per heavy atom. The Kier molecular flexibility index (Phi) is 7.63. The number of para-hydroxylation sites is 2. The SMILES string of the molecule is COc1ccccc1N1CCN(C(=O)C(=O)N/N=C/c2ccc(OCC(N)=O)cc2)CC1. The Morgan fingerprint density at radius 2 is 1.75 bits per heavy atom. The molecular weight excluding hydrogens is 414 g/mol. The molecule has 3 N–H and O–H groups in total. The van der Waals surface area contributed by atoms with E-state index < -0.39 is 17.7 Å².